The number of benzene rings is 1. The Balaban J connectivity index is 2.65. The Hall–Kier alpha value is -1.46. The van der Waals surface area contributed by atoms with Gasteiger partial charge in [0.25, 0.3) is 0 Å². The van der Waals surface area contributed by atoms with Crippen LogP contribution in [0.15, 0.2) is 18.2 Å². The highest BCUT2D eigenvalue weighted by atomic mass is 35.5. The molecule has 0 saturated carbocycles. The molecule has 0 amide bonds. The quantitative estimate of drug-likeness (QED) is 0.639. The SMILES string of the molecule is N#Cc1c(Cl)cccc1NNC[C@@H](Cl)C#N. The molecule has 0 spiro atoms. The van der Waals surface area contributed by atoms with E-state index in [-0.39, 0.29) is 6.54 Å². The molecule has 0 radical (unpaired) electrons. The van der Waals surface area contributed by atoms with Gasteiger partial charge in [-0.25, -0.2) is 5.43 Å². The first kappa shape index (κ1) is 12.6. The van der Waals surface area contributed by atoms with Crippen molar-refractivity contribution in [3.05, 3.63) is 28.8 Å². The molecule has 4 nitrogen and oxygen atoms in total. The second kappa shape index (κ2) is 6.19. The van der Waals surface area contributed by atoms with Gasteiger partial charge in [0.1, 0.15) is 11.4 Å². The van der Waals surface area contributed by atoms with Crippen molar-refractivity contribution in [2.75, 3.05) is 12.0 Å². The third-order valence-corrected chi connectivity index (χ3v) is 2.34. The highest BCUT2D eigenvalue weighted by Crippen LogP contribution is 2.22. The van der Waals surface area contributed by atoms with Crippen LogP contribution in [-0.2, 0) is 0 Å². The van der Waals surface area contributed by atoms with E-state index in [4.69, 9.17) is 33.7 Å². The van der Waals surface area contributed by atoms with E-state index in [9.17, 15) is 0 Å². The normalized spacial score (nSPS) is 11.2. The van der Waals surface area contributed by atoms with E-state index in [1.54, 1.807) is 18.2 Å². The molecule has 0 aliphatic rings. The molecule has 6 heteroatoms. The Labute approximate surface area is 103 Å². The molecular formula is C10H8Cl2N4. The predicted molar refractivity (Wildman–Crippen MR) is 63.0 cm³/mol. The third-order valence-electron chi connectivity index (χ3n) is 1.77. The van der Waals surface area contributed by atoms with Crippen LogP contribution < -0.4 is 10.9 Å². The Kier molecular flexibility index (Phi) is 4.88. The summed E-state index contributed by atoms with van der Waals surface area (Å²) in [5.41, 5.74) is 6.42. The van der Waals surface area contributed by atoms with E-state index in [0.717, 1.165) is 0 Å². The van der Waals surface area contributed by atoms with Crippen LogP contribution in [0.2, 0.25) is 5.02 Å². The number of nitriles is 2. The first-order chi connectivity index (χ1) is 7.69. The van der Waals surface area contributed by atoms with Gasteiger partial charge >= 0.3 is 0 Å². The average Bonchev–Trinajstić information content (AvgIpc) is 2.29. The summed E-state index contributed by atoms with van der Waals surface area (Å²) in [5.74, 6) is 0. The van der Waals surface area contributed by atoms with Crippen LogP contribution >= 0.6 is 23.2 Å². The molecule has 1 aromatic carbocycles. The van der Waals surface area contributed by atoms with Gasteiger partial charge in [-0.15, -0.1) is 11.6 Å². The van der Waals surface area contributed by atoms with E-state index >= 15 is 0 Å². The molecule has 1 aromatic rings. The summed E-state index contributed by atoms with van der Waals surface area (Å²) >= 11 is 11.4. The fraction of sp³-hybridized carbons (Fsp3) is 0.200. The fourth-order valence-corrected chi connectivity index (χ4v) is 1.32. The van der Waals surface area contributed by atoms with Crippen LogP contribution in [0.25, 0.3) is 0 Å². The van der Waals surface area contributed by atoms with Crippen molar-refractivity contribution in [2.45, 2.75) is 5.38 Å². The molecule has 16 heavy (non-hydrogen) atoms. The minimum Gasteiger partial charge on any atom is -0.320 e. The average molecular weight is 255 g/mol. The first-order valence-electron chi connectivity index (χ1n) is 4.40. The van der Waals surface area contributed by atoms with Crippen molar-refractivity contribution < 1.29 is 0 Å². The van der Waals surface area contributed by atoms with Gasteiger partial charge in [-0.05, 0) is 12.1 Å². The van der Waals surface area contributed by atoms with Crippen molar-refractivity contribution in [3.8, 4) is 12.1 Å². The van der Waals surface area contributed by atoms with E-state index in [2.05, 4.69) is 10.9 Å². The van der Waals surface area contributed by atoms with Crippen molar-refractivity contribution in [2.24, 2.45) is 0 Å². The van der Waals surface area contributed by atoms with Crippen molar-refractivity contribution in [1.82, 2.24) is 5.43 Å². The lowest BCUT2D eigenvalue weighted by atomic mass is 10.2. The molecule has 0 fully saturated rings. The van der Waals surface area contributed by atoms with Crippen molar-refractivity contribution >= 4 is 28.9 Å². The largest absolute Gasteiger partial charge is 0.320 e. The Morgan fingerprint density at radius 2 is 2.12 bits per heavy atom. The Morgan fingerprint density at radius 1 is 1.38 bits per heavy atom. The van der Waals surface area contributed by atoms with Crippen molar-refractivity contribution in [1.29, 1.82) is 10.5 Å². The molecule has 0 aliphatic heterocycles. The number of nitrogens with one attached hydrogen (secondary N) is 2. The number of hydrazine groups is 1. The summed E-state index contributed by atoms with van der Waals surface area (Å²) in [4.78, 5) is 0. The van der Waals surface area contributed by atoms with Crippen LogP contribution in [0.4, 0.5) is 5.69 Å². The van der Waals surface area contributed by atoms with E-state index in [0.29, 0.717) is 16.3 Å². The monoisotopic (exact) mass is 254 g/mol. The lowest BCUT2D eigenvalue weighted by molar-refractivity contribution is 0.803. The van der Waals surface area contributed by atoms with Gasteiger partial charge in [0.05, 0.1) is 22.3 Å². The van der Waals surface area contributed by atoms with Crippen LogP contribution in [0, 0.1) is 22.7 Å². The summed E-state index contributed by atoms with van der Waals surface area (Å²) in [6.07, 6.45) is 0. The minimum atomic E-state index is -0.628. The fourth-order valence-electron chi connectivity index (χ4n) is 1.02. The summed E-state index contributed by atoms with van der Waals surface area (Å²) in [6.45, 7) is 0.259. The summed E-state index contributed by atoms with van der Waals surface area (Å²) in [5, 5.41) is 17.1. The maximum Gasteiger partial charge on any atom is 0.134 e. The van der Waals surface area contributed by atoms with Gasteiger partial charge in [0, 0.05) is 6.54 Å². The molecule has 0 saturated heterocycles. The third kappa shape index (κ3) is 3.29. The molecule has 0 heterocycles. The van der Waals surface area contributed by atoms with Gasteiger partial charge in [0.2, 0.25) is 0 Å². The Morgan fingerprint density at radius 3 is 2.75 bits per heavy atom. The zero-order chi connectivity index (χ0) is 12.0. The second-order valence-electron chi connectivity index (χ2n) is 2.88. The summed E-state index contributed by atoms with van der Waals surface area (Å²) in [7, 11) is 0. The summed E-state index contributed by atoms with van der Waals surface area (Å²) < 4.78 is 0. The Bertz CT molecular complexity index is 447. The number of halogens is 2. The number of alkyl halides is 1. The van der Waals surface area contributed by atoms with E-state index in [1.165, 1.54) is 0 Å². The minimum absolute atomic E-state index is 0.259. The van der Waals surface area contributed by atoms with Gasteiger partial charge in [-0.1, -0.05) is 17.7 Å². The zero-order valence-corrected chi connectivity index (χ0v) is 9.68. The van der Waals surface area contributed by atoms with Crippen LogP contribution in [0.3, 0.4) is 0 Å². The molecule has 0 bridgehead atoms. The van der Waals surface area contributed by atoms with Gasteiger partial charge in [-0.3, -0.25) is 0 Å². The van der Waals surface area contributed by atoms with Crippen molar-refractivity contribution in [3.63, 3.8) is 0 Å². The van der Waals surface area contributed by atoms with Gasteiger partial charge in [0.15, 0.2) is 0 Å². The number of nitrogens with zero attached hydrogens (tertiary/aromatic N) is 2. The standard InChI is InChI=1S/C10H8Cl2N4/c11-7(4-13)6-15-16-10-3-1-2-9(12)8(10)5-14/h1-3,7,15-16H,6H2/t7-/m0/s1. The molecule has 1 rings (SSSR count). The number of hydrogen-bond donors (Lipinski definition) is 2. The van der Waals surface area contributed by atoms with E-state index < -0.39 is 5.38 Å². The smallest absolute Gasteiger partial charge is 0.134 e. The first-order valence-corrected chi connectivity index (χ1v) is 5.21. The lowest BCUT2D eigenvalue weighted by Gasteiger charge is -2.10. The van der Waals surface area contributed by atoms with Gasteiger partial charge in [-0.2, -0.15) is 10.5 Å². The molecule has 82 valence electrons. The second-order valence-corrected chi connectivity index (χ2v) is 3.81. The number of anilines is 1. The molecule has 1 atom stereocenters. The molecule has 0 aliphatic carbocycles. The molecular weight excluding hydrogens is 247 g/mol. The highest BCUT2D eigenvalue weighted by Gasteiger charge is 2.06. The van der Waals surface area contributed by atoms with Crippen LogP contribution in [0.5, 0.6) is 0 Å². The zero-order valence-electron chi connectivity index (χ0n) is 8.17. The topological polar surface area (TPSA) is 71.6 Å². The summed E-state index contributed by atoms with van der Waals surface area (Å²) in [6, 6.07) is 8.90. The van der Waals surface area contributed by atoms with E-state index in [1.807, 2.05) is 12.1 Å². The maximum absolute atomic E-state index is 8.87. The number of rotatable bonds is 4. The maximum atomic E-state index is 8.87. The van der Waals surface area contributed by atoms with Crippen LogP contribution in [-0.4, -0.2) is 11.9 Å². The molecule has 0 unspecified atom stereocenters. The number of hydrogen-bond acceptors (Lipinski definition) is 4. The lowest BCUT2D eigenvalue weighted by Crippen LogP contribution is -2.28. The van der Waals surface area contributed by atoms with Gasteiger partial charge < -0.3 is 5.43 Å². The predicted octanol–water partition coefficient (Wildman–Crippen LogP) is 2.26. The molecule has 2 N–H and O–H groups in total. The highest BCUT2D eigenvalue weighted by molar-refractivity contribution is 6.32. The molecule has 0 aromatic heterocycles. The van der Waals surface area contributed by atoms with Crippen LogP contribution in [0.1, 0.15) is 5.56 Å².